The Hall–Kier alpha value is -2.99. The van der Waals surface area contributed by atoms with Crippen molar-refractivity contribution in [3.63, 3.8) is 0 Å². The molecule has 0 fully saturated rings. The van der Waals surface area contributed by atoms with Gasteiger partial charge in [0.2, 0.25) is 0 Å². The monoisotopic (exact) mass is 383 g/mol. The van der Waals surface area contributed by atoms with Gasteiger partial charge in [0.1, 0.15) is 5.82 Å². The second-order valence-corrected chi connectivity index (χ2v) is 6.99. The first-order chi connectivity index (χ1) is 13.0. The number of benzene rings is 2. The summed E-state index contributed by atoms with van der Waals surface area (Å²) in [6.45, 7) is 1.48. The SMILES string of the molecule is Cc1cccc(C(=O)OCC(=O)N[C@H](c2ccc(F)cc2)c2cccs2)c1. The Bertz CT molecular complexity index is 923. The number of nitrogens with one attached hydrogen (secondary N) is 1. The van der Waals surface area contributed by atoms with Crippen molar-refractivity contribution in [2.24, 2.45) is 0 Å². The molecule has 1 aromatic heterocycles. The normalized spacial score (nSPS) is 11.6. The van der Waals surface area contributed by atoms with E-state index in [0.717, 1.165) is 16.0 Å². The molecule has 138 valence electrons. The van der Waals surface area contributed by atoms with Crippen molar-refractivity contribution in [2.75, 3.05) is 6.61 Å². The van der Waals surface area contributed by atoms with E-state index in [-0.39, 0.29) is 5.82 Å². The molecule has 6 heteroatoms. The summed E-state index contributed by atoms with van der Waals surface area (Å²) in [5.74, 6) is -1.33. The molecule has 0 unspecified atom stereocenters. The first kappa shape index (κ1) is 18.8. The van der Waals surface area contributed by atoms with Crippen molar-refractivity contribution in [1.82, 2.24) is 5.32 Å². The number of hydrogen-bond acceptors (Lipinski definition) is 4. The minimum absolute atomic E-state index is 0.345. The standard InChI is InChI=1S/C21H18FNO3S/c1-14-4-2-5-16(12-14)21(25)26-13-19(24)23-20(18-6-3-11-27-18)15-7-9-17(22)10-8-15/h2-12,20H,13H2,1H3,(H,23,24)/t20-/m1/s1. The van der Waals surface area contributed by atoms with Gasteiger partial charge in [0, 0.05) is 4.88 Å². The first-order valence-corrected chi connectivity index (χ1v) is 9.23. The molecule has 0 aliphatic carbocycles. The molecule has 1 amide bonds. The van der Waals surface area contributed by atoms with Crippen LogP contribution in [0.3, 0.4) is 0 Å². The zero-order valence-corrected chi connectivity index (χ0v) is 15.5. The van der Waals surface area contributed by atoms with Gasteiger partial charge in [0.05, 0.1) is 11.6 Å². The summed E-state index contributed by atoms with van der Waals surface area (Å²) in [5, 5.41) is 4.74. The third-order valence-corrected chi connectivity index (χ3v) is 4.86. The molecule has 27 heavy (non-hydrogen) atoms. The van der Waals surface area contributed by atoms with Crippen molar-refractivity contribution < 1.29 is 18.7 Å². The van der Waals surface area contributed by atoms with Crippen LogP contribution in [-0.4, -0.2) is 18.5 Å². The van der Waals surface area contributed by atoms with E-state index in [0.29, 0.717) is 5.56 Å². The van der Waals surface area contributed by atoms with Crippen LogP contribution in [0.4, 0.5) is 4.39 Å². The summed E-state index contributed by atoms with van der Waals surface area (Å²) in [5.41, 5.74) is 2.08. The number of esters is 1. The van der Waals surface area contributed by atoms with E-state index in [2.05, 4.69) is 5.32 Å². The van der Waals surface area contributed by atoms with Gasteiger partial charge in [-0.3, -0.25) is 4.79 Å². The fourth-order valence-electron chi connectivity index (χ4n) is 2.62. The first-order valence-electron chi connectivity index (χ1n) is 8.35. The minimum atomic E-state index is -0.552. The number of hydrogen-bond donors (Lipinski definition) is 1. The van der Waals surface area contributed by atoms with Gasteiger partial charge in [0.25, 0.3) is 5.91 Å². The van der Waals surface area contributed by atoms with Crippen LogP contribution in [0, 0.1) is 12.7 Å². The van der Waals surface area contributed by atoms with Crippen LogP contribution in [0.25, 0.3) is 0 Å². The van der Waals surface area contributed by atoms with E-state index in [1.54, 1.807) is 30.3 Å². The topological polar surface area (TPSA) is 55.4 Å². The molecule has 1 atom stereocenters. The maximum Gasteiger partial charge on any atom is 0.338 e. The number of rotatable bonds is 6. The molecule has 2 aromatic carbocycles. The number of carbonyl (C=O) groups excluding carboxylic acids is 2. The summed E-state index contributed by atoms with van der Waals surface area (Å²) in [6, 6.07) is 16.2. The molecule has 1 N–H and O–H groups in total. The van der Waals surface area contributed by atoms with Crippen LogP contribution in [0.2, 0.25) is 0 Å². The molecular formula is C21H18FNO3S. The van der Waals surface area contributed by atoms with E-state index < -0.39 is 24.5 Å². The molecule has 3 rings (SSSR count). The fourth-order valence-corrected chi connectivity index (χ4v) is 3.42. The fraction of sp³-hybridized carbons (Fsp3) is 0.143. The van der Waals surface area contributed by atoms with Gasteiger partial charge in [-0.2, -0.15) is 0 Å². The number of amides is 1. The van der Waals surface area contributed by atoms with Gasteiger partial charge in [-0.05, 0) is 48.2 Å². The number of carbonyl (C=O) groups is 2. The highest BCUT2D eigenvalue weighted by Gasteiger charge is 2.19. The van der Waals surface area contributed by atoms with Crippen LogP contribution in [0.1, 0.15) is 32.4 Å². The van der Waals surface area contributed by atoms with E-state index in [9.17, 15) is 14.0 Å². The molecule has 0 spiro atoms. The van der Waals surface area contributed by atoms with Gasteiger partial charge >= 0.3 is 5.97 Å². The molecule has 3 aromatic rings. The van der Waals surface area contributed by atoms with Crippen molar-refractivity contribution in [2.45, 2.75) is 13.0 Å². The van der Waals surface area contributed by atoms with Crippen LogP contribution in [-0.2, 0) is 9.53 Å². The quantitative estimate of drug-likeness (QED) is 0.647. The highest BCUT2D eigenvalue weighted by Crippen LogP contribution is 2.26. The zero-order valence-electron chi connectivity index (χ0n) is 14.6. The largest absolute Gasteiger partial charge is 0.452 e. The Balaban J connectivity index is 1.66. The third kappa shape index (κ3) is 5.01. The predicted molar refractivity (Wildman–Crippen MR) is 102 cm³/mol. The Morgan fingerprint density at radius 3 is 2.56 bits per heavy atom. The van der Waals surface area contributed by atoms with Crippen molar-refractivity contribution in [1.29, 1.82) is 0 Å². The second-order valence-electron chi connectivity index (χ2n) is 6.01. The maximum absolute atomic E-state index is 13.2. The Morgan fingerprint density at radius 1 is 1.11 bits per heavy atom. The summed E-state index contributed by atoms with van der Waals surface area (Å²) >= 11 is 1.48. The molecule has 0 aliphatic heterocycles. The van der Waals surface area contributed by atoms with E-state index in [4.69, 9.17) is 4.74 Å². The van der Waals surface area contributed by atoms with Crippen molar-refractivity contribution >= 4 is 23.2 Å². The molecule has 0 saturated carbocycles. The average Bonchev–Trinajstić information content (AvgIpc) is 3.19. The Morgan fingerprint density at radius 2 is 1.89 bits per heavy atom. The van der Waals surface area contributed by atoms with Crippen LogP contribution < -0.4 is 5.32 Å². The van der Waals surface area contributed by atoms with E-state index in [1.165, 1.54) is 23.5 Å². The van der Waals surface area contributed by atoms with Crippen LogP contribution in [0.5, 0.6) is 0 Å². The van der Waals surface area contributed by atoms with Gasteiger partial charge < -0.3 is 10.1 Å². The van der Waals surface area contributed by atoms with Gasteiger partial charge in [-0.15, -0.1) is 11.3 Å². The average molecular weight is 383 g/mol. The van der Waals surface area contributed by atoms with Crippen LogP contribution >= 0.6 is 11.3 Å². The molecule has 0 radical (unpaired) electrons. The second kappa shape index (κ2) is 8.60. The highest BCUT2D eigenvalue weighted by molar-refractivity contribution is 7.10. The number of aryl methyl sites for hydroxylation is 1. The van der Waals surface area contributed by atoms with Crippen molar-refractivity contribution in [3.05, 3.63) is 93.4 Å². The van der Waals surface area contributed by atoms with Gasteiger partial charge in [-0.1, -0.05) is 35.9 Å². The molecule has 0 bridgehead atoms. The van der Waals surface area contributed by atoms with E-state index in [1.807, 2.05) is 30.5 Å². The highest BCUT2D eigenvalue weighted by atomic mass is 32.1. The number of thiophene rings is 1. The summed E-state index contributed by atoms with van der Waals surface area (Å²) < 4.78 is 18.3. The predicted octanol–water partition coefficient (Wildman–Crippen LogP) is 4.26. The lowest BCUT2D eigenvalue weighted by molar-refractivity contribution is -0.124. The maximum atomic E-state index is 13.2. The van der Waals surface area contributed by atoms with Gasteiger partial charge in [0.15, 0.2) is 6.61 Å². The molecule has 4 nitrogen and oxygen atoms in total. The molecule has 0 aliphatic rings. The molecule has 1 heterocycles. The van der Waals surface area contributed by atoms with Crippen LogP contribution in [0.15, 0.2) is 66.0 Å². The minimum Gasteiger partial charge on any atom is -0.452 e. The summed E-state index contributed by atoms with van der Waals surface area (Å²) in [7, 11) is 0. The zero-order chi connectivity index (χ0) is 19.2. The van der Waals surface area contributed by atoms with Gasteiger partial charge in [-0.25, -0.2) is 9.18 Å². The van der Waals surface area contributed by atoms with E-state index >= 15 is 0 Å². The Kier molecular flexibility index (Phi) is 5.98. The summed E-state index contributed by atoms with van der Waals surface area (Å²) in [4.78, 5) is 25.3. The number of ether oxygens (including phenoxy) is 1. The number of halogens is 1. The van der Waals surface area contributed by atoms with Crippen molar-refractivity contribution in [3.8, 4) is 0 Å². The third-order valence-electron chi connectivity index (χ3n) is 3.92. The lowest BCUT2D eigenvalue weighted by Crippen LogP contribution is -2.32. The molecule has 0 saturated heterocycles. The Labute approximate surface area is 160 Å². The summed E-state index contributed by atoms with van der Waals surface area (Å²) in [6.07, 6.45) is 0. The lowest BCUT2D eigenvalue weighted by Gasteiger charge is -2.18. The smallest absolute Gasteiger partial charge is 0.338 e. The molecular weight excluding hydrogens is 365 g/mol. The lowest BCUT2D eigenvalue weighted by atomic mass is 10.1.